The van der Waals surface area contributed by atoms with Crippen molar-refractivity contribution < 1.29 is 14.4 Å². The summed E-state index contributed by atoms with van der Waals surface area (Å²) in [6.07, 6.45) is 1.64. The Bertz CT molecular complexity index is 841. The van der Waals surface area contributed by atoms with Gasteiger partial charge < -0.3 is 16.0 Å². The van der Waals surface area contributed by atoms with Crippen LogP contribution in [0, 0.1) is 0 Å². The van der Waals surface area contributed by atoms with Crippen LogP contribution in [0.5, 0.6) is 0 Å². The summed E-state index contributed by atoms with van der Waals surface area (Å²) in [7, 11) is 0. The summed E-state index contributed by atoms with van der Waals surface area (Å²) < 4.78 is 0. The van der Waals surface area contributed by atoms with Gasteiger partial charge in [0.2, 0.25) is 11.8 Å². The SMILES string of the molecule is NC(=O)C1CNC(=O)CN1C(=O)c1cc(-c2ccccn2)ccc1Cl. The van der Waals surface area contributed by atoms with E-state index in [2.05, 4.69) is 10.3 Å². The number of aromatic nitrogens is 1. The van der Waals surface area contributed by atoms with Crippen molar-refractivity contribution in [1.29, 1.82) is 0 Å². The highest BCUT2D eigenvalue weighted by molar-refractivity contribution is 6.34. The molecule has 1 fully saturated rings. The Morgan fingerprint density at radius 2 is 2.08 bits per heavy atom. The summed E-state index contributed by atoms with van der Waals surface area (Å²) >= 11 is 6.18. The first-order valence-electron chi connectivity index (χ1n) is 7.55. The lowest BCUT2D eigenvalue weighted by molar-refractivity contribution is -0.129. The van der Waals surface area contributed by atoms with Crippen LogP contribution in [0.3, 0.4) is 0 Å². The van der Waals surface area contributed by atoms with E-state index in [1.54, 1.807) is 36.5 Å². The van der Waals surface area contributed by atoms with Crippen LogP contribution < -0.4 is 11.1 Å². The first-order valence-corrected chi connectivity index (χ1v) is 7.93. The van der Waals surface area contributed by atoms with Gasteiger partial charge in [-0.1, -0.05) is 23.7 Å². The maximum absolute atomic E-state index is 12.9. The van der Waals surface area contributed by atoms with Crippen molar-refractivity contribution in [2.45, 2.75) is 6.04 Å². The number of nitrogens with two attached hydrogens (primary N) is 1. The summed E-state index contributed by atoms with van der Waals surface area (Å²) in [5.74, 6) is -1.57. The van der Waals surface area contributed by atoms with Crippen LogP contribution in [-0.4, -0.2) is 46.7 Å². The zero-order valence-electron chi connectivity index (χ0n) is 13.1. The Hall–Kier alpha value is -2.93. The number of piperazine rings is 1. The molecule has 1 atom stereocenters. The number of benzene rings is 1. The van der Waals surface area contributed by atoms with Gasteiger partial charge >= 0.3 is 0 Å². The van der Waals surface area contributed by atoms with E-state index in [0.717, 1.165) is 4.90 Å². The third-order valence-corrected chi connectivity index (χ3v) is 4.26. The van der Waals surface area contributed by atoms with Gasteiger partial charge in [0.1, 0.15) is 12.6 Å². The number of primary amides is 1. The van der Waals surface area contributed by atoms with E-state index in [4.69, 9.17) is 17.3 Å². The second kappa shape index (κ2) is 6.90. The van der Waals surface area contributed by atoms with Crippen molar-refractivity contribution in [2.75, 3.05) is 13.1 Å². The van der Waals surface area contributed by atoms with Gasteiger partial charge in [0.05, 0.1) is 16.3 Å². The van der Waals surface area contributed by atoms with E-state index in [0.29, 0.717) is 11.3 Å². The van der Waals surface area contributed by atoms with Gasteiger partial charge in [-0.2, -0.15) is 0 Å². The lowest BCUT2D eigenvalue weighted by atomic mass is 10.0. The van der Waals surface area contributed by atoms with Crippen molar-refractivity contribution in [2.24, 2.45) is 5.73 Å². The lowest BCUT2D eigenvalue weighted by Crippen LogP contribution is -2.60. The summed E-state index contributed by atoms with van der Waals surface area (Å²) in [5, 5.41) is 2.75. The predicted molar refractivity (Wildman–Crippen MR) is 91.7 cm³/mol. The van der Waals surface area contributed by atoms with Crippen LogP contribution in [0.1, 0.15) is 10.4 Å². The fraction of sp³-hybridized carbons (Fsp3) is 0.176. The molecule has 0 bridgehead atoms. The monoisotopic (exact) mass is 358 g/mol. The molecule has 0 spiro atoms. The quantitative estimate of drug-likeness (QED) is 0.847. The molecule has 0 aliphatic carbocycles. The standard InChI is InChI=1S/C17H15ClN4O3/c18-12-5-4-10(13-3-1-2-6-20-13)7-11(12)17(25)22-9-15(23)21-8-14(22)16(19)24/h1-7,14H,8-9H2,(H2,19,24)(H,21,23). The van der Waals surface area contributed by atoms with Gasteiger partial charge in [-0.25, -0.2) is 0 Å². The van der Waals surface area contributed by atoms with Gasteiger partial charge in [0.25, 0.3) is 5.91 Å². The fourth-order valence-corrected chi connectivity index (χ4v) is 2.84. The largest absolute Gasteiger partial charge is 0.368 e. The van der Waals surface area contributed by atoms with Crippen molar-refractivity contribution in [3.05, 3.63) is 53.2 Å². The zero-order chi connectivity index (χ0) is 18.0. The van der Waals surface area contributed by atoms with Crippen LogP contribution in [0.4, 0.5) is 0 Å². The minimum Gasteiger partial charge on any atom is -0.368 e. The molecule has 3 rings (SSSR count). The molecule has 0 saturated carbocycles. The Kier molecular flexibility index (Phi) is 4.67. The number of carbonyl (C=O) groups is 3. The molecule has 3 N–H and O–H groups in total. The lowest BCUT2D eigenvalue weighted by Gasteiger charge is -2.33. The van der Waals surface area contributed by atoms with Crippen LogP contribution in [0.2, 0.25) is 5.02 Å². The third-order valence-electron chi connectivity index (χ3n) is 3.93. The number of halogens is 1. The van der Waals surface area contributed by atoms with Crippen molar-refractivity contribution >= 4 is 29.3 Å². The minimum absolute atomic E-state index is 0.0164. The van der Waals surface area contributed by atoms with Gasteiger partial charge in [-0.05, 0) is 24.3 Å². The fourth-order valence-electron chi connectivity index (χ4n) is 2.65. The Morgan fingerprint density at radius 1 is 1.28 bits per heavy atom. The van der Waals surface area contributed by atoms with E-state index in [1.165, 1.54) is 0 Å². The Morgan fingerprint density at radius 3 is 2.76 bits per heavy atom. The molecule has 8 heteroatoms. The molecule has 128 valence electrons. The highest BCUT2D eigenvalue weighted by atomic mass is 35.5. The molecule has 1 aliphatic rings. The first kappa shape index (κ1) is 16.9. The molecule has 3 amide bonds. The van der Waals surface area contributed by atoms with Crippen molar-refractivity contribution in [3.63, 3.8) is 0 Å². The van der Waals surface area contributed by atoms with Crippen LogP contribution in [0.25, 0.3) is 11.3 Å². The zero-order valence-corrected chi connectivity index (χ0v) is 13.9. The summed E-state index contributed by atoms with van der Waals surface area (Å²) in [5.41, 5.74) is 6.91. The van der Waals surface area contributed by atoms with E-state index in [1.807, 2.05) is 6.07 Å². The third kappa shape index (κ3) is 3.46. The normalized spacial score (nSPS) is 17.1. The number of rotatable bonds is 3. The molecule has 2 heterocycles. The number of nitrogens with zero attached hydrogens (tertiary/aromatic N) is 2. The maximum Gasteiger partial charge on any atom is 0.256 e. The molecule has 1 aromatic heterocycles. The second-order valence-electron chi connectivity index (χ2n) is 5.56. The summed E-state index contributed by atoms with van der Waals surface area (Å²) in [6, 6.07) is 9.43. The number of carbonyl (C=O) groups excluding carboxylic acids is 3. The molecule has 2 aromatic rings. The number of amides is 3. The smallest absolute Gasteiger partial charge is 0.256 e. The summed E-state index contributed by atoms with van der Waals surface area (Å²) in [6.45, 7) is -0.270. The molecule has 0 radical (unpaired) electrons. The average molecular weight is 359 g/mol. The van der Waals surface area contributed by atoms with Crippen LogP contribution in [-0.2, 0) is 9.59 Å². The van der Waals surface area contributed by atoms with Gasteiger partial charge in [0.15, 0.2) is 0 Å². The van der Waals surface area contributed by atoms with E-state index in [-0.39, 0.29) is 29.6 Å². The Balaban J connectivity index is 1.98. The van der Waals surface area contributed by atoms with E-state index in [9.17, 15) is 14.4 Å². The highest BCUT2D eigenvalue weighted by Gasteiger charge is 2.35. The maximum atomic E-state index is 12.9. The number of nitrogens with one attached hydrogen (secondary N) is 1. The molecule has 7 nitrogen and oxygen atoms in total. The molecule has 1 aliphatic heterocycles. The van der Waals surface area contributed by atoms with Gasteiger partial charge in [0, 0.05) is 18.3 Å². The molecule has 25 heavy (non-hydrogen) atoms. The second-order valence-corrected chi connectivity index (χ2v) is 5.97. The van der Waals surface area contributed by atoms with E-state index < -0.39 is 17.9 Å². The molecular formula is C17H15ClN4O3. The topological polar surface area (TPSA) is 105 Å². The molecule has 1 aromatic carbocycles. The van der Waals surface area contributed by atoms with Crippen molar-refractivity contribution in [3.8, 4) is 11.3 Å². The van der Waals surface area contributed by atoms with Gasteiger partial charge in [-0.3, -0.25) is 19.4 Å². The Labute approximate surface area is 148 Å². The first-order chi connectivity index (χ1) is 12.0. The van der Waals surface area contributed by atoms with Crippen LogP contribution >= 0.6 is 11.6 Å². The number of hydrogen-bond acceptors (Lipinski definition) is 4. The number of pyridine rings is 1. The highest BCUT2D eigenvalue weighted by Crippen LogP contribution is 2.26. The van der Waals surface area contributed by atoms with Crippen LogP contribution in [0.15, 0.2) is 42.6 Å². The van der Waals surface area contributed by atoms with E-state index >= 15 is 0 Å². The molecule has 1 saturated heterocycles. The minimum atomic E-state index is -0.917. The predicted octanol–water partition coefficient (Wildman–Crippen LogP) is 0.828. The van der Waals surface area contributed by atoms with Gasteiger partial charge in [-0.15, -0.1) is 0 Å². The summed E-state index contributed by atoms with van der Waals surface area (Å²) in [4.78, 5) is 41.5. The average Bonchev–Trinajstić information content (AvgIpc) is 2.62. The van der Waals surface area contributed by atoms with Crippen molar-refractivity contribution in [1.82, 2.24) is 15.2 Å². The molecule has 1 unspecified atom stereocenters. The molecular weight excluding hydrogens is 344 g/mol. The number of hydrogen-bond donors (Lipinski definition) is 2.